The second-order valence-electron chi connectivity index (χ2n) is 10.0. The average molecular weight is 434 g/mol. The molecule has 0 amide bonds. The molecule has 0 saturated carbocycles. The van der Waals surface area contributed by atoms with Gasteiger partial charge in [-0.3, -0.25) is 9.69 Å². The first-order chi connectivity index (χ1) is 14.5. The predicted octanol–water partition coefficient (Wildman–Crippen LogP) is 5.10. The second-order valence-corrected chi connectivity index (χ2v) is 10.0. The van der Waals surface area contributed by atoms with E-state index in [1.807, 2.05) is 6.07 Å². The van der Waals surface area contributed by atoms with Crippen LogP contribution in [0.4, 0.5) is 0 Å². The lowest BCUT2D eigenvalue weighted by Gasteiger charge is -2.55. The van der Waals surface area contributed by atoms with E-state index in [1.165, 1.54) is 5.56 Å². The van der Waals surface area contributed by atoms with Crippen molar-refractivity contribution < 1.29 is 24.5 Å². The molecule has 0 spiro atoms. The highest BCUT2D eigenvalue weighted by molar-refractivity contribution is 5.72. The molecule has 0 bridgehead atoms. The van der Waals surface area contributed by atoms with Gasteiger partial charge in [-0.15, -0.1) is 0 Å². The molecule has 1 saturated heterocycles. The molecule has 1 fully saturated rings. The van der Waals surface area contributed by atoms with Gasteiger partial charge >= 0.3 is 11.9 Å². The first kappa shape index (κ1) is 25.3. The molecule has 31 heavy (non-hydrogen) atoms. The van der Waals surface area contributed by atoms with Crippen LogP contribution in [0.5, 0.6) is 0 Å². The maximum absolute atomic E-state index is 11.8. The molecule has 6 nitrogen and oxygen atoms in total. The van der Waals surface area contributed by atoms with Crippen LogP contribution in [0.25, 0.3) is 0 Å². The van der Waals surface area contributed by atoms with Gasteiger partial charge in [0.1, 0.15) is 0 Å². The molecular formula is C25H39NO5. The van der Waals surface area contributed by atoms with Crippen molar-refractivity contribution in [2.45, 2.75) is 109 Å². The summed E-state index contributed by atoms with van der Waals surface area (Å²) in [5, 5.41) is 18.4. The number of hydrogen-bond donors (Lipinski definition) is 2. The Morgan fingerprint density at radius 2 is 1.58 bits per heavy atom. The number of unbranched alkanes of at least 4 members (excludes halogenated alkanes) is 3. The van der Waals surface area contributed by atoms with Crippen molar-refractivity contribution in [3.05, 3.63) is 35.9 Å². The molecule has 1 aliphatic rings. The fourth-order valence-corrected chi connectivity index (χ4v) is 4.96. The van der Waals surface area contributed by atoms with Gasteiger partial charge in [-0.1, -0.05) is 49.6 Å². The summed E-state index contributed by atoms with van der Waals surface area (Å²) in [5.74, 6) is -1.69. The lowest BCUT2D eigenvalue weighted by molar-refractivity contribution is -0.167. The highest BCUT2D eigenvalue weighted by atomic mass is 16.5. The Kier molecular flexibility index (Phi) is 9.07. The Balaban J connectivity index is 1.93. The van der Waals surface area contributed by atoms with Crippen molar-refractivity contribution in [1.29, 1.82) is 0 Å². The molecule has 0 radical (unpaired) electrons. The number of benzene rings is 1. The SMILES string of the molecule is CC1(C)CC(OC(CCCCCCC(=O)O)C(=O)O)CC(C)(C)N1Cc1ccccc1. The largest absolute Gasteiger partial charge is 0.481 e. The Morgan fingerprint density at radius 1 is 1.00 bits per heavy atom. The summed E-state index contributed by atoms with van der Waals surface area (Å²) >= 11 is 0. The number of likely N-dealkylation sites (tertiary alicyclic amines) is 1. The van der Waals surface area contributed by atoms with E-state index in [9.17, 15) is 14.7 Å². The summed E-state index contributed by atoms with van der Waals surface area (Å²) in [6.07, 6.45) is 4.28. The van der Waals surface area contributed by atoms with E-state index in [0.717, 1.165) is 38.6 Å². The fourth-order valence-electron chi connectivity index (χ4n) is 4.96. The van der Waals surface area contributed by atoms with Crippen LogP contribution in [-0.4, -0.2) is 50.3 Å². The first-order valence-corrected chi connectivity index (χ1v) is 11.4. The Bertz CT molecular complexity index is 698. The number of hydrogen-bond acceptors (Lipinski definition) is 4. The van der Waals surface area contributed by atoms with Crippen LogP contribution in [0, 0.1) is 0 Å². The quantitative estimate of drug-likeness (QED) is 0.446. The minimum absolute atomic E-state index is 0.106. The van der Waals surface area contributed by atoms with Crippen LogP contribution >= 0.6 is 0 Å². The van der Waals surface area contributed by atoms with Crippen LogP contribution in [0.3, 0.4) is 0 Å². The van der Waals surface area contributed by atoms with Crippen molar-refractivity contribution in [1.82, 2.24) is 4.90 Å². The van der Waals surface area contributed by atoms with Gasteiger partial charge < -0.3 is 14.9 Å². The molecule has 1 heterocycles. The van der Waals surface area contributed by atoms with E-state index in [-0.39, 0.29) is 23.6 Å². The molecular weight excluding hydrogens is 394 g/mol. The first-order valence-electron chi connectivity index (χ1n) is 11.4. The van der Waals surface area contributed by atoms with Gasteiger partial charge in [0.05, 0.1) is 6.10 Å². The van der Waals surface area contributed by atoms with Gasteiger partial charge in [0.15, 0.2) is 6.10 Å². The number of ether oxygens (including phenoxy) is 1. The summed E-state index contributed by atoms with van der Waals surface area (Å²) in [4.78, 5) is 24.9. The van der Waals surface area contributed by atoms with Crippen LogP contribution in [-0.2, 0) is 20.9 Å². The van der Waals surface area contributed by atoms with Gasteiger partial charge in [0.25, 0.3) is 0 Å². The molecule has 1 aliphatic heterocycles. The standard InChI is InChI=1S/C25H39NO5/c1-24(2)16-20(17-25(3,4)26(24)18-19-12-8-7-9-13-19)31-21(23(29)30)14-10-5-6-11-15-22(27)28/h7-9,12-13,20-21H,5-6,10-11,14-18H2,1-4H3,(H,27,28)(H,29,30). The second kappa shape index (κ2) is 11.1. The van der Waals surface area contributed by atoms with Crippen LogP contribution in [0.2, 0.25) is 0 Å². The summed E-state index contributed by atoms with van der Waals surface area (Å²) in [5.41, 5.74) is 1.03. The van der Waals surface area contributed by atoms with Crippen molar-refractivity contribution in [2.75, 3.05) is 0 Å². The lowest BCUT2D eigenvalue weighted by Crippen LogP contribution is -2.62. The Hall–Kier alpha value is -1.92. The number of piperidine rings is 1. The summed E-state index contributed by atoms with van der Waals surface area (Å²) < 4.78 is 6.15. The monoisotopic (exact) mass is 433 g/mol. The minimum Gasteiger partial charge on any atom is -0.481 e. The number of carbonyl (C=O) groups is 2. The van der Waals surface area contributed by atoms with Gasteiger partial charge in [0, 0.05) is 24.0 Å². The molecule has 0 aromatic heterocycles. The van der Waals surface area contributed by atoms with E-state index in [0.29, 0.717) is 12.8 Å². The van der Waals surface area contributed by atoms with Crippen LogP contribution < -0.4 is 0 Å². The zero-order chi connectivity index (χ0) is 23.1. The van der Waals surface area contributed by atoms with Crippen LogP contribution in [0.15, 0.2) is 30.3 Å². The molecule has 2 N–H and O–H groups in total. The van der Waals surface area contributed by atoms with E-state index < -0.39 is 18.0 Å². The zero-order valence-corrected chi connectivity index (χ0v) is 19.5. The lowest BCUT2D eigenvalue weighted by atomic mass is 9.77. The van der Waals surface area contributed by atoms with Crippen molar-refractivity contribution in [3.8, 4) is 0 Å². The highest BCUT2D eigenvalue weighted by Gasteiger charge is 2.46. The molecule has 0 aliphatic carbocycles. The third kappa shape index (κ3) is 7.93. The summed E-state index contributed by atoms with van der Waals surface area (Å²) in [7, 11) is 0. The fraction of sp³-hybridized carbons (Fsp3) is 0.680. The highest BCUT2D eigenvalue weighted by Crippen LogP contribution is 2.41. The molecule has 174 valence electrons. The van der Waals surface area contributed by atoms with Gasteiger partial charge in [-0.2, -0.15) is 0 Å². The maximum Gasteiger partial charge on any atom is 0.332 e. The van der Waals surface area contributed by atoms with E-state index in [4.69, 9.17) is 9.84 Å². The average Bonchev–Trinajstić information content (AvgIpc) is 2.66. The minimum atomic E-state index is -0.909. The topological polar surface area (TPSA) is 87.1 Å². The van der Waals surface area contributed by atoms with E-state index >= 15 is 0 Å². The van der Waals surface area contributed by atoms with Crippen molar-refractivity contribution >= 4 is 11.9 Å². The third-order valence-electron chi connectivity index (χ3n) is 6.34. The molecule has 1 unspecified atom stereocenters. The zero-order valence-electron chi connectivity index (χ0n) is 19.5. The number of carboxylic acid groups (broad SMARTS) is 2. The Morgan fingerprint density at radius 3 is 2.13 bits per heavy atom. The van der Waals surface area contributed by atoms with Crippen molar-refractivity contribution in [2.24, 2.45) is 0 Å². The van der Waals surface area contributed by atoms with E-state index in [1.54, 1.807) is 0 Å². The van der Waals surface area contributed by atoms with Gasteiger partial charge in [-0.05, 0) is 58.9 Å². The maximum atomic E-state index is 11.8. The van der Waals surface area contributed by atoms with Crippen molar-refractivity contribution in [3.63, 3.8) is 0 Å². The molecule has 1 atom stereocenters. The molecule has 6 heteroatoms. The number of carboxylic acids is 2. The number of nitrogens with zero attached hydrogens (tertiary/aromatic N) is 1. The predicted molar refractivity (Wildman–Crippen MR) is 121 cm³/mol. The smallest absolute Gasteiger partial charge is 0.332 e. The van der Waals surface area contributed by atoms with Gasteiger partial charge in [0.2, 0.25) is 0 Å². The summed E-state index contributed by atoms with van der Waals surface area (Å²) in [6.45, 7) is 9.71. The summed E-state index contributed by atoms with van der Waals surface area (Å²) in [6, 6.07) is 10.4. The molecule has 1 aromatic carbocycles. The van der Waals surface area contributed by atoms with Gasteiger partial charge in [-0.25, -0.2) is 4.79 Å². The third-order valence-corrected chi connectivity index (χ3v) is 6.34. The molecule has 1 aromatic rings. The normalized spacial score (nSPS) is 19.7. The Labute approximate surface area is 186 Å². The molecule has 2 rings (SSSR count). The number of rotatable bonds is 12. The van der Waals surface area contributed by atoms with E-state index in [2.05, 4.69) is 56.9 Å². The van der Waals surface area contributed by atoms with Crippen LogP contribution in [0.1, 0.15) is 84.6 Å². The number of aliphatic carboxylic acids is 2.